The highest BCUT2D eigenvalue weighted by molar-refractivity contribution is 7.15. The van der Waals surface area contributed by atoms with Gasteiger partial charge in [-0.15, -0.1) is 11.3 Å². The number of carbonyl (C=O) groups excluding carboxylic acids is 1. The maximum Gasteiger partial charge on any atom is 0.247 e. The molecule has 0 fully saturated rings. The van der Waals surface area contributed by atoms with Crippen molar-refractivity contribution < 1.29 is 4.79 Å². The van der Waals surface area contributed by atoms with Gasteiger partial charge in [0, 0.05) is 29.9 Å². The molecule has 0 aliphatic rings. The van der Waals surface area contributed by atoms with Gasteiger partial charge in [0.15, 0.2) is 5.13 Å². The Kier molecular flexibility index (Phi) is 4.28. The Balaban J connectivity index is 2.08. The Morgan fingerprint density at radius 1 is 1.53 bits per heavy atom. The number of rotatable bonds is 5. The lowest BCUT2D eigenvalue weighted by Gasteiger charge is -2.12. The van der Waals surface area contributed by atoms with Crippen LogP contribution in [0.25, 0.3) is 0 Å². The summed E-state index contributed by atoms with van der Waals surface area (Å²) in [7, 11) is 3.57. The molecule has 0 aliphatic heterocycles. The van der Waals surface area contributed by atoms with Crippen molar-refractivity contribution in [1.29, 1.82) is 0 Å². The standard InChI is InChI=1S/C12H17N5OS/c1-4-9-6-14-12(19-9)16-11(18)10(13-2)8-5-15-17(3)7-8/h5-7,10,13H,4H2,1-3H3,(H,14,16,18). The first-order chi connectivity index (χ1) is 9.13. The highest BCUT2D eigenvalue weighted by Crippen LogP contribution is 2.20. The molecule has 0 spiro atoms. The summed E-state index contributed by atoms with van der Waals surface area (Å²) in [5.74, 6) is -0.132. The first-order valence-electron chi connectivity index (χ1n) is 6.05. The van der Waals surface area contributed by atoms with Gasteiger partial charge in [0.1, 0.15) is 6.04 Å². The van der Waals surface area contributed by atoms with Crippen molar-refractivity contribution in [2.45, 2.75) is 19.4 Å². The van der Waals surface area contributed by atoms with Gasteiger partial charge in [0.05, 0.1) is 6.20 Å². The van der Waals surface area contributed by atoms with Crippen molar-refractivity contribution in [2.75, 3.05) is 12.4 Å². The molecule has 0 aliphatic carbocycles. The quantitative estimate of drug-likeness (QED) is 0.866. The Bertz CT molecular complexity index is 562. The van der Waals surface area contributed by atoms with Crippen LogP contribution in [0.1, 0.15) is 23.4 Å². The van der Waals surface area contributed by atoms with Crippen molar-refractivity contribution >= 4 is 22.4 Å². The zero-order valence-electron chi connectivity index (χ0n) is 11.2. The number of amides is 1. The molecule has 0 bridgehead atoms. The number of nitrogens with one attached hydrogen (secondary N) is 2. The minimum Gasteiger partial charge on any atom is -0.305 e. The van der Waals surface area contributed by atoms with Gasteiger partial charge in [-0.1, -0.05) is 6.92 Å². The molecule has 2 aromatic heterocycles. The number of aromatic nitrogens is 3. The largest absolute Gasteiger partial charge is 0.305 e. The molecule has 1 atom stereocenters. The van der Waals surface area contributed by atoms with E-state index >= 15 is 0 Å². The van der Waals surface area contributed by atoms with Crippen molar-refractivity contribution in [1.82, 2.24) is 20.1 Å². The molecule has 102 valence electrons. The van der Waals surface area contributed by atoms with Crippen LogP contribution < -0.4 is 10.6 Å². The summed E-state index contributed by atoms with van der Waals surface area (Å²) < 4.78 is 1.67. The Labute approximate surface area is 115 Å². The number of thiazole rings is 1. The number of hydrogen-bond donors (Lipinski definition) is 2. The average molecular weight is 279 g/mol. The minimum atomic E-state index is -0.428. The molecule has 2 heterocycles. The third kappa shape index (κ3) is 3.18. The van der Waals surface area contributed by atoms with Gasteiger partial charge in [-0.05, 0) is 13.5 Å². The third-order valence-electron chi connectivity index (χ3n) is 2.74. The molecule has 0 radical (unpaired) electrons. The average Bonchev–Trinajstić information content (AvgIpc) is 3.00. The van der Waals surface area contributed by atoms with E-state index in [-0.39, 0.29) is 5.91 Å². The summed E-state index contributed by atoms with van der Waals surface area (Å²) >= 11 is 1.50. The summed E-state index contributed by atoms with van der Waals surface area (Å²) in [5.41, 5.74) is 0.828. The van der Waals surface area contributed by atoms with E-state index in [0.717, 1.165) is 16.9 Å². The predicted molar refractivity (Wildman–Crippen MR) is 75.1 cm³/mol. The molecule has 19 heavy (non-hydrogen) atoms. The molecule has 2 aromatic rings. The molecule has 7 heteroatoms. The second-order valence-electron chi connectivity index (χ2n) is 4.14. The van der Waals surface area contributed by atoms with Gasteiger partial charge in [-0.3, -0.25) is 9.48 Å². The first kappa shape index (κ1) is 13.7. The van der Waals surface area contributed by atoms with Crippen molar-refractivity contribution in [3.63, 3.8) is 0 Å². The van der Waals surface area contributed by atoms with Gasteiger partial charge in [-0.25, -0.2) is 4.98 Å². The molecule has 2 rings (SSSR count). The lowest BCUT2D eigenvalue weighted by Crippen LogP contribution is -2.30. The molecule has 1 amide bonds. The predicted octanol–water partition coefficient (Wildman–Crippen LogP) is 1.34. The highest BCUT2D eigenvalue weighted by atomic mass is 32.1. The van der Waals surface area contributed by atoms with E-state index in [4.69, 9.17) is 0 Å². The van der Waals surface area contributed by atoms with Crippen LogP contribution in [-0.4, -0.2) is 27.7 Å². The maximum absolute atomic E-state index is 12.2. The van der Waals surface area contributed by atoms with Crippen molar-refractivity contribution in [2.24, 2.45) is 7.05 Å². The molecule has 0 saturated carbocycles. The van der Waals surface area contributed by atoms with E-state index in [1.807, 2.05) is 13.2 Å². The van der Waals surface area contributed by atoms with Crippen LogP contribution in [0.4, 0.5) is 5.13 Å². The third-order valence-corrected chi connectivity index (χ3v) is 3.80. The Hall–Kier alpha value is -1.73. The Morgan fingerprint density at radius 2 is 2.32 bits per heavy atom. The fourth-order valence-corrected chi connectivity index (χ4v) is 2.50. The zero-order chi connectivity index (χ0) is 13.8. The van der Waals surface area contributed by atoms with E-state index in [1.165, 1.54) is 11.3 Å². The molecular weight excluding hydrogens is 262 g/mol. The number of likely N-dealkylation sites (N-methyl/N-ethyl adjacent to an activating group) is 1. The summed E-state index contributed by atoms with van der Waals surface area (Å²) in [4.78, 5) is 17.5. The summed E-state index contributed by atoms with van der Waals surface area (Å²) in [6, 6.07) is -0.428. The van der Waals surface area contributed by atoms with Crippen LogP contribution in [0.15, 0.2) is 18.6 Å². The summed E-state index contributed by atoms with van der Waals surface area (Å²) in [6.07, 6.45) is 6.21. The normalized spacial score (nSPS) is 12.4. The first-order valence-corrected chi connectivity index (χ1v) is 6.87. The number of nitrogens with zero attached hydrogens (tertiary/aromatic N) is 3. The SMILES string of the molecule is CCc1cnc(NC(=O)C(NC)c2cnn(C)c2)s1. The van der Waals surface area contributed by atoms with E-state index < -0.39 is 6.04 Å². The highest BCUT2D eigenvalue weighted by Gasteiger charge is 2.21. The summed E-state index contributed by atoms with van der Waals surface area (Å²) in [5, 5.41) is 10.5. The lowest BCUT2D eigenvalue weighted by atomic mass is 10.1. The molecule has 6 nitrogen and oxygen atoms in total. The smallest absolute Gasteiger partial charge is 0.247 e. The number of anilines is 1. The van der Waals surface area contributed by atoms with E-state index in [9.17, 15) is 4.79 Å². The lowest BCUT2D eigenvalue weighted by molar-refractivity contribution is -0.118. The second kappa shape index (κ2) is 5.94. The van der Waals surface area contributed by atoms with Gasteiger partial charge in [-0.2, -0.15) is 5.10 Å². The van der Waals surface area contributed by atoms with Gasteiger partial charge in [0.2, 0.25) is 5.91 Å². The maximum atomic E-state index is 12.2. The molecule has 0 saturated heterocycles. The fraction of sp³-hybridized carbons (Fsp3) is 0.417. The Morgan fingerprint density at radius 3 is 2.84 bits per heavy atom. The fourth-order valence-electron chi connectivity index (χ4n) is 1.74. The van der Waals surface area contributed by atoms with Crippen LogP contribution in [0.3, 0.4) is 0 Å². The number of carbonyl (C=O) groups is 1. The molecule has 2 N–H and O–H groups in total. The second-order valence-corrected chi connectivity index (χ2v) is 5.26. The van der Waals surface area contributed by atoms with E-state index in [0.29, 0.717) is 5.13 Å². The van der Waals surface area contributed by atoms with E-state index in [2.05, 4.69) is 27.6 Å². The molecular formula is C12H17N5OS. The van der Waals surface area contributed by atoms with Gasteiger partial charge >= 0.3 is 0 Å². The van der Waals surface area contributed by atoms with Crippen LogP contribution in [0, 0.1) is 0 Å². The van der Waals surface area contributed by atoms with E-state index in [1.54, 1.807) is 24.1 Å². The monoisotopic (exact) mass is 279 g/mol. The molecule has 0 aromatic carbocycles. The van der Waals surface area contributed by atoms with Gasteiger partial charge in [0.25, 0.3) is 0 Å². The van der Waals surface area contributed by atoms with Crippen molar-refractivity contribution in [3.05, 3.63) is 29.0 Å². The number of aryl methyl sites for hydroxylation is 2. The zero-order valence-corrected chi connectivity index (χ0v) is 12.0. The van der Waals surface area contributed by atoms with Crippen LogP contribution in [0.5, 0.6) is 0 Å². The van der Waals surface area contributed by atoms with Crippen LogP contribution in [-0.2, 0) is 18.3 Å². The minimum absolute atomic E-state index is 0.132. The van der Waals surface area contributed by atoms with Gasteiger partial charge < -0.3 is 10.6 Å². The topological polar surface area (TPSA) is 71.8 Å². The van der Waals surface area contributed by atoms with Crippen molar-refractivity contribution in [3.8, 4) is 0 Å². The summed E-state index contributed by atoms with van der Waals surface area (Å²) in [6.45, 7) is 2.06. The molecule has 1 unspecified atom stereocenters. The number of hydrogen-bond acceptors (Lipinski definition) is 5. The van der Waals surface area contributed by atoms with Crippen LogP contribution in [0.2, 0.25) is 0 Å². The van der Waals surface area contributed by atoms with Crippen LogP contribution >= 0.6 is 11.3 Å².